The molecule has 0 saturated carbocycles. The lowest BCUT2D eigenvalue weighted by Gasteiger charge is -2.04. The number of halogens is 1. The minimum absolute atomic E-state index is 0.0510. The second-order valence-electron chi connectivity index (χ2n) is 4.60. The Morgan fingerprint density at radius 1 is 1.27 bits per heavy atom. The van der Waals surface area contributed by atoms with Crippen LogP contribution in [0.2, 0.25) is 5.02 Å². The van der Waals surface area contributed by atoms with Crippen LogP contribution < -0.4 is 5.32 Å². The molecule has 0 fully saturated rings. The van der Waals surface area contributed by atoms with Gasteiger partial charge in [-0.25, -0.2) is 0 Å². The molecule has 6 heteroatoms. The van der Waals surface area contributed by atoms with Crippen molar-refractivity contribution in [1.82, 2.24) is 0 Å². The molecule has 22 heavy (non-hydrogen) atoms. The van der Waals surface area contributed by atoms with Gasteiger partial charge in [-0.15, -0.1) is 0 Å². The number of nitro groups is 1. The topological polar surface area (TPSA) is 72.2 Å². The van der Waals surface area contributed by atoms with E-state index in [4.69, 9.17) is 11.6 Å². The van der Waals surface area contributed by atoms with E-state index in [1.54, 1.807) is 36.4 Å². The van der Waals surface area contributed by atoms with Crippen LogP contribution in [0.3, 0.4) is 0 Å². The first-order chi connectivity index (χ1) is 10.5. The molecular formula is C16H13ClN2O3. The number of carbonyl (C=O) groups excluding carboxylic acids is 1. The number of amides is 1. The molecular weight excluding hydrogens is 304 g/mol. The van der Waals surface area contributed by atoms with E-state index >= 15 is 0 Å². The predicted molar refractivity (Wildman–Crippen MR) is 86.9 cm³/mol. The summed E-state index contributed by atoms with van der Waals surface area (Å²) in [5.41, 5.74) is 1.79. The molecule has 0 aliphatic rings. The van der Waals surface area contributed by atoms with Crippen molar-refractivity contribution >= 4 is 35.0 Å². The molecule has 0 heterocycles. The molecule has 5 nitrogen and oxygen atoms in total. The summed E-state index contributed by atoms with van der Waals surface area (Å²) < 4.78 is 0. The van der Waals surface area contributed by atoms with Gasteiger partial charge in [0.1, 0.15) is 0 Å². The van der Waals surface area contributed by atoms with E-state index in [2.05, 4.69) is 5.32 Å². The summed E-state index contributed by atoms with van der Waals surface area (Å²) in [4.78, 5) is 22.2. The zero-order chi connectivity index (χ0) is 16.1. The summed E-state index contributed by atoms with van der Waals surface area (Å²) in [6, 6.07) is 11.4. The number of hydrogen-bond acceptors (Lipinski definition) is 3. The Morgan fingerprint density at radius 2 is 2.00 bits per heavy atom. The molecule has 0 saturated heterocycles. The molecule has 2 aromatic carbocycles. The van der Waals surface area contributed by atoms with Crippen molar-refractivity contribution in [2.24, 2.45) is 0 Å². The second kappa shape index (κ2) is 6.87. The molecule has 1 N–H and O–H groups in total. The molecule has 0 unspecified atom stereocenters. The third-order valence-corrected chi connectivity index (χ3v) is 3.39. The Bertz CT molecular complexity index is 757. The average Bonchev–Trinajstić information content (AvgIpc) is 2.49. The number of para-hydroxylation sites is 1. The molecule has 2 rings (SSSR count). The number of nitrogens with one attached hydrogen (secondary N) is 1. The van der Waals surface area contributed by atoms with Gasteiger partial charge in [-0.2, -0.15) is 0 Å². The Labute approximate surface area is 132 Å². The fourth-order valence-electron chi connectivity index (χ4n) is 1.81. The molecule has 0 aliphatic carbocycles. The lowest BCUT2D eigenvalue weighted by molar-refractivity contribution is -0.385. The molecule has 0 radical (unpaired) electrons. The van der Waals surface area contributed by atoms with Gasteiger partial charge in [-0.3, -0.25) is 14.9 Å². The molecule has 0 atom stereocenters. The number of anilines is 1. The molecule has 1 amide bonds. The standard InChI is InChI=1S/C16H13ClN2O3/c1-11-6-8-13(10-14(11)17)18-16(20)9-7-12-4-2-3-5-15(12)19(21)22/h2-10H,1H3,(H,18,20)/b9-7+. The minimum Gasteiger partial charge on any atom is -0.322 e. The van der Waals surface area contributed by atoms with Crippen molar-refractivity contribution in [2.45, 2.75) is 6.92 Å². The minimum atomic E-state index is -0.489. The van der Waals surface area contributed by atoms with Crippen LogP contribution in [0.1, 0.15) is 11.1 Å². The van der Waals surface area contributed by atoms with Gasteiger partial charge in [0, 0.05) is 22.9 Å². The van der Waals surface area contributed by atoms with Crippen molar-refractivity contribution in [1.29, 1.82) is 0 Å². The van der Waals surface area contributed by atoms with Crippen LogP contribution in [0.5, 0.6) is 0 Å². The average molecular weight is 317 g/mol. The fourth-order valence-corrected chi connectivity index (χ4v) is 2.00. The third-order valence-electron chi connectivity index (χ3n) is 2.99. The van der Waals surface area contributed by atoms with Crippen molar-refractivity contribution < 1.29 is 9.72 Å². The van der Waals surface area contributed by atoms with Gasteiger partial charge in [-0.1, -0.05) is 29.8 Å². The lowest BCUT2D eigenvalue weighted by Crippen LogP contribution is -2.07. The van der Waals surface area contributed by atoms with Crippen LogP contribution in [0.4, 0.5) is 11.4 Å². The van der Waals surface area contributed by atoms with Crippen LogP contribution in [0.15, 0.2) is 48.5 Å². The zero-order valence-electron chi connectivity index (χ0n) is 11.7. The van der Waals surface area contributed by atoms with E-state index in [-0.39, 0.29) is 5.69 Å². The number of rotatable bonds is 4. The van der Waals surface area contributed by atoms with Gasteiger partial charge < -0.3 is 5.32 Å². The van der Waals surface area contributed by atoms with Gasteiger partial charge in [0.25, 0.3) is 5.69 Å². The summed E-state index contributed by atoms with van der Waals surface area (Å²) in [6.07, 6.45) is 2.65. The largest absolute Gasteiger partial charge is 0.322 e. The van der Waals surface area contributed by atoms with E-state index in [1.807, 2.05) is 6.92 Å². The Hall–Kier alpha value is -2.66. The first-order valence-electron chi connectivity index (χ1n) is 6.46. The smallest absolute Gasteiger partial charge is 0.276 e. The number of benzene rings is 2. The quantitative estimate of drug-likeness (QED) is 0.521. The first kappa shape index (κ1) is 15.7. The summed E-state index contributed by atoms with van der Waals surface area (Å²) >= 11 is 5.98. The highest BCUT2D eigenvalue weighted by atomic mass is 35.5. The maximum atomic E-state index is 11.9. The fraction of sp³-hybridized carbons (Fsp3) is 0.0625. The van der Waals surface area contributed by atoms with Crippen LogP contribution in [0.25, 0.3) is 6.08 Å². The highest BCUT2D eigenvalue weighted by Crippen LogP contribution is 2.21. The lowest BCUT2D eigenvalue weighted by atomic mass is 10.1. The summed E-state index contributed by atoms with van der Waals surface area (Å²) in [6.45, 7) is 1.86. The first-order valence-corrected chi connectivity index (χ1v) is 6.84. The monoisotopic (exact) mass is 316 g/mol. The van der Waals surface area contributed by atoms with Crippen molar-refractivity contribution in [2.75, 3.05) is 5.32 Å². The normalized spacial score (nSPS) is 10.6. The summed E-state index contributed by atoms with van der Waals surface area (Å²) in [7, 11) is 0. The van der Waals surface area contributed by atoms with Crippen LogP contribution in [0, 0.1) is 17.0 Å². The summed E-state index contributed by atoms with van der Waals surface area (Å²) in [5.74, 6) is -0.391. The van der Waals surface area contributed by atoms with Crippen molar-refractivity contribution in [3.63, 3.8) is 0 Å². The van der Waals surface area contributed by atoms with Gasteiger partial charge >= 0.3 is 0 Å². The van der Waals surface area contributed by atoms with E-state index < -0.39 is 10.8 Å². The SMILES string of the molecule is Cc1ccc(NC(=O)/C=C/c2ccccc2[N+](=O)[O-])cc1Cl. The Balaban J connectivity index is 2.12. The molecule has 2 aromatic rings. The van der Waals surface area contributed by atoms with Crippen LogP contribution in [-0.2, 0) is 4.79 Å². The Morgan fingerprint density at radius 3 is 2.68 bits per heavy atom. The second-order valence-corrected chi connectivity index (χ2v) is 5.01. The van der Waals surface area contributed by atoms with Gasteiger partial charge in [0.2, 0.25) is 5.91 Å². The van der Waals surface area contributed by atoms with Crippen molar-refractivity contribution in [3.8, 4) is 0 Å². The predicted octanol–water partition coefficient (Wildman–Crippen LogP) is 4.21. The summed E-state index contributed by atoms with van der Waals surface area (Å²) in [5, 5.41) is 14.1. The van der Waals surface area contributed by atoms with Crippen molar-refractivity contribution in [3.05, 3.63) is 74.8 Å². The molecule has 112 valence electrons. The number of hydrogen-bond donors (Lipinski definition) is 1. The third kappa shape index (κ3) is 3.93. The van der Waals surface area contributed by atoms with Gasteiger partial charge in [0.05, 0.1) is 10.5 Å². The highest BCUT2D eigenvalue weighted by Gasteiger charge is 2.09. The molecule has 0 aliphatic heterocycles. The van der Waals surface area contributed by atoms with E-state index in [0.717, 1.165) is 5.56 Å². The molecule has 0 bridgehead atoms. The van der Waals surface area contributed by atoms with Gasteiger partial charge in [-0.05, 0) is 36.8 Å². The maximum absolute atomic E-state index is 11.9. The van der Waals surface area contributed by atoms with E-state index in [1.165, 1.54) is 18.2 Å². The number of nitrogens with zero attached hydrogens (tertiary/aromatic N) is 1. The van der Waals surface area contributed by atoms with Crippen LogP contribution in [-0.4, -0.2) is 10.8 Å². The van der Waals surface area contributed by atoms with Crippen LogP contribution >= 0.6 is 11.6 Å². The zero-order valence-corrected chi connectivity index (χ0v) is 12.5. The van der Waals surface area contributed by atoms with E-state index in [9.17, 15) is 14.9 Å². The maximum Gasteiger partial charge on any atom is 0.276 e. The number of carbonyl (C=O) groups is 1. The highest BCUT2D eigenvalue weighted by molar-refractivity contribution is 6.31. The van der Waals surface area contributed by atoms with E-state index in [0.29, 0.717) is 16.3 Å². The number of nitro benzene ring substituents is 1. The Kier molecular flexibility index (Phi) is 4.91. The molecule has 0 spiro atoms. The number of aryl methyl sites for hydroxylation is 1. The van der Waals surface area contributed by atoms with Gasteiger partial charge in [0.15, 0.2) is 0 Å². The molecule has 0 aromatic heterocycles.